The summed E-state index contributed by atoms with van der Waals surface area (Å²) in [5, 5.41) is 32.0. The van der Waals surface area contributed by atoms with Crippen LogP contribution < -0.4 is 29.6 Å². The quantitative estimate of drug-likeness (QED) is 0.248. The fraction of sp³-hybridized carbons (Fsp3) is 0.952. The van der Waals surface area contributed by atoms with Crippen LogP contribution in [0.15, 0.2) is 0 Å². The van der Waals surface area contributed by atoms with E-state index in [0.29, 0.717) is 38.5 Å². The summed E-state index contributed by atoms with van der Waals surface area (Å²) in [5.41, 5.74) is -2.59. The van der Waals surface area contributed by atoms with E-state index in [1.165, 1.54) is 0 Å². The van der Waals surface area contributed by atoms with Gasteiger partial charge in [-0.05, 0) is 80.5 Å². The van der Waals surface area contributed by atoms with E-state index >= 15 is 0 Å². The Kier molecular flexibility index (Phi) is 7.20. The normalized spacial score (nSPS) is 49.4. The molecule has 172 valence electrons. The first-order valence-electron chi connectivity index (χ1n) is 11.0. The molecule has 0 radical (unpaired) electrons. The van der Waals surface area contributed by atoms with Gasteiger partial charge < -0.3 is 19.9 Å². The molecule has 0 spiro atoms. The van der Waals surface area contributed by atoms with E-state index < -0.39 is 46.0 Å². The van der Waals surface area contributed by atoms with E-state index in [0.717, 1.165) is 12.8 Å². The molecule has 0 bridgehead atoms. The first-order chi connectivity index (χ1) is 13.9. The third kappa shape index (κ3) is 4.00. The molecular formula is C21H33NaO8S. The van der Waals surface area contributed by atoms with Crippen molar-refractivity contribution in [2.75, 3.05) is 6.61 Å². The molecule has 4 rings (SSSR count). The maximum atomic E-state index is 12.4. The van der Waals surface area contributed by atoms with E-state index in [-0.39, 0.29) is 58.6 Å². The van der Waals surface area contributed by atoms with Gasteiger partial charge in [-0.25, -0.2) is 8.42 Å². The molecule has 0 aromatic heterocycles. The number of carbonyl (C=O) groups is 1. The van der Waals surface area contributed by atoms with Gasteiger partial charge in [0.1, 0.15) is 12.2 Å². The zero-order valence-corrected chi connectivity index (χ0v) is 21.4. The predicted molar refractivity (Wildman–Crippen MR) is 105 cm³/mol. The van der Waals surface area contributed by atoms with Gasteiger partial charge in [0.05, 0.1) is 12.2 Å². The van der Waals surface area contributed by atoms with E-state index in [9.17, 15) is 33.1 Å². The standard InChI is InChI=1S/C21H34O8S.Na/c1-19-7-5-13(29-30(26,27)28)9-12(19)3-4-14-15-6-8-21(25,17(24)11-22)20(15,2)10-16(23)18(14)19;/h12-16,18,22-23,25H,3-11H2,1-2H3,(H,26,27,28);/q;+1/p-1/t12-,13+,14-,15-,16-,18+,19-,20-,21-;/m0./s1. The van der Waals surface area contributed by atoms with Gasteiger partial charge in [-0.15, -0.1) is 0 Å². The minimum atomic E-state index is -4.74. The van der Waals surface area contributed by atoms with Crippen molar-refractivity contribution >= 4 is 16.2 Å². The summed E-state index contributed by atoms with van der Waals surface area (Å²) in [4.78, 5) is 12.4. The van der Waals surface area contributed by atoms with Gasteiger partial charge in [0.25, 0.3) is 0 Å². The topological polar surface area (TPSA) is 144 Å². The number of ketones is 1. The van der Waals surface area contributed by atoms with E-state index in [1.54, 1.807) is 0 Å². The number of rotatable bonds is 4. The van der Waals surface area contributed by atoms with Crippen molar-refractivity contribution in [3.8, 4) is 0 Å². The minimum absolute atomic E-state index is 0. The van der Waals surface area contributed by atoms with Gasteiger partial charge >= 0.3 is 29.6 Å². The Labute approximate surface area is 206 Å². The zero-order chi connectivity index (χ0) is 22.1. The van der Waals surface area contributed by atoms with Gasteiger partial charge in [0.2, 0.25) is 10.4 Å². The Morgan fingerprint density at radius 1 is 1.16 bits per heavy atom. The van der Waals surface area contributed by atoms with Crippen LogP contribution in [0.5, 0.6) is 0 Å². The molecule has 4 aliphatic carbocycles. The molecule has 4 fully saturated rings. The number of hydrogen-bond acceptors (Lipinski definition) is 8. The Balaban J connectivity index is 0.00000272. The third-order valence-electron chi connectivity index (χ3n) is 9.56. The van der Waals surface area contributed by atoms with Crippen molar-refractivity contribution in [1.29, 1.82) is 0 Å². The van der Waals surface area contributed by atoms with Crippen molar-refractivity contribution in [3.05, 3.63) is 0 Å². The second kappa shape index (κ2) is 8.57. The van der Waals surface area contributed by atoms with Crippen molar-refractivity contribution in [2.45, 2.75) is 83.0 Å². The first kappa shape index (κ1) is 26.0. The second-order valence-corrected chi connectivity index (χ2v) is 11.7. The Hall–Kier alpha value is 0.420. The van der Waals surface area contributed by atoms with Crippen LogP contribution in [0.2, 0.25) is 0 Å². The number of carbonyl (C=O) groups excluding carboxylic acids is 1. The van der Waals surface area contributed by atoms with Gasteiger partial charge in [0.15, 0.2) is 5.78 Å². The minimum Gasteiger partial charge on any atom is -0.726 e. The maximum absolute atomic E-state index is 12.4. The summed E-state index contributed by atoms with van der Waals surface area (Å²) < 4.78 is 37.8. The number of aliphatic hydroxyl groups is 3. The van der Waals surface area contributed by atoms with Crippen LogP contribution >= 0.6 is 0 Å². The number of fused-ring (bicyclic) bond motifs is 5. The summed E-state index contributed by atoms with van der Waals surface area (Å²) >= 11 is 0. The first-order valence-corrected chi connectivity index (χ1v) is 12.4. The van der Waals surface area contributed by atoms with Crippen molar-refractivity contribution in [2.24, 2.45) is 34.5 Å². The van der Waals surface area contributed by atoms with E-state index in [2.05, 4.69) is 6.92 Å². The van der Waals surface area contributed by atoms with Crippen LogP contribution in [0.4, 0.5) is 0 Å². The fourth-order valence-corrected chi connectivity index (χ4v) is 8.70. The second-order valence-electron chi connectivity index (χ2n) is 10.6. The van der Waals surface area contributed by atoms with Crippen molar-refractivity contribution in [1.82, 2.24) is 0 Å². The fourth-order valence-electron chi connectivity index (χ4n) is 8.19. The molecule has 8 nitrogen and oxygen atoms in total. The van der Waals surface area contributed by atoms with Crippen LogP contribution in [0.1, 0.15) is 65.2 Å². The Morgan fingerprint density at radius 2 is 1.84 bits per heavy atom. The van der Waals surface area contributed by atoms with Gasteiger partial charge in [-0.2, -0.15) is 0 Å². The molecule has 0 saturated heterocycles. The van der Waals surface area contributed by atoms with Crippen LogP contribution in [0.3, 0.4) is 0 Å². The average molecular weight is 469 g/mol. The monoisotopic (exact) mass is 468 g/mol. The molecule has 4 saturated carbocycles. The maximum Gasteiger partial charge on any atom is 1.00 e. The molecule has 10 heteroatoms. The summed E-state index contributed by atoms with van der Waals surface area (Å²) in [6, 6.07) is 0. The number of aliphatic hydroxyl groups excluding tert-OH is 2. The van der Waals surface area contributed by atoms with E-state index in [4.69, 9.17) is 4.18 Å². The Morgan fingerprint density at radius 3 is 2.45 bits per heavy atom. The van der Waals surface area contributed by atoms with Crippen molar-refractivity contribution < 1.29 is 66.8 Å². The number of hydrogen-bond donors (Lipinski definition) is 3. The molecule has 0 aromatic carbocycles. The summed E-state index contributed by atoms with van der Waals surface area (Å²) in [7, 11) is -4.74. The average Bonchev–Trinajstić information content (AvgIpc) is 2.91. The Bertz CT molecular complexity index is 820. The van der Waals surface area contributed by atoms with E-state index in [1.807, 2.05) is 6.92 Å². The third-order valence-corrected chi connectivity index (χ3v) is 10.1. The molecule has 0 heterocycles. The SMILES string of the molecule is C[C@]12CC[C@@H](OS(=O)(=O)[O-])C[C@@H]1CC[C@@H]1[C@@H]2[C@@H](O)C[C@@]2(C)[C@H]1CC[C@]2(O)C(=O)CO.[Na+]. The van der Waals surface area contributed by atoms with Crippen molar-refractivity contribution in [3.63, 3.8) is 0 Å². The molecular weight excluding hydrogens is 435 g/mol. The predicted octanol–water partition coefficient (Wildman–Crippen LogP) is -1.86. The van der Waals surface area contributed by atoms with Gasteiger partial charge in [-0.1, -0.05) is 13.8 Å². The molecule has 9 atom stereocenters. The summed E-state index contributed by atoms with van der Waals surface area (Å²) in [5.74, 6) is -0.181. The molecule has 3 N–H and O–H groups in total. The molecule has 4 aliphatic rings. The van der Waals surface area contributed by atoms with Crippen LogP contribution in [-0.2, 0) is 19.4 Å². The molecule has 0 unspecified atom stereocenters. The van der Waals surface area contributed by atoms with Crippen LogP contribution in [0, 0.1) is 34.5 Å². The molecule has 0 aromatic rings. The smallest absolute Gasteiger partial charge is 0.726 e. The van der Waals surface area contributed by atoms with Crippen LogP contribution in [-0.4, -0.2) is 58.5 Å². The molecule has 0 aliphatic heterocycles. The summed E-state index contributed by atoms with van der Waals surface area (Å²) in [6.07, 6.45) is 3.27. The largest absolute Gasteiger partial charge is 1.00 e. The van der Waals surface area contributed by atoms with Gasteiger partial charge in [0, 0.05) is 5.41 Å². The zero-order valence-electron chi connectivity index (χ0n) is 18.6. The van der Waals surface area contributed by atoms with Crippen LogP contribution in [0.25, 0.3) is 0 Å². The molecule has 0 amide bonds. The number of Topliss-reactive ketones (excluding diaryl/α,β-unsaturated/α-hetero) is 1. The van der Waals surface area contributed by atoms with Gasteiger partial charge in [-0.3, -0.25) is 8.98 Å². The molecule has 31 heavy (non-hydrogen) atoms. The summed E-state index contributed by atoms with van der Waals surface area (Å²) in [6.45, 7) is 3.34.